The first-order valence-corrected chi connectivity index (χ1v) is 6.05. The van der Waals surface area contributed by atoms with E-state index >= 15 is 0 Å². The van der Waals surface area contributed by atoms with E-state index in [1.165, 1.54) is 6.07 Å². The summed E-state index contributed by atoms with van der Waals surface area (Å²) in [5.74, 6) is -0.0978. The maximum absolute atomic E-state index is 12.0. The highest BCUT2D eigenvalue weighted by Gasteiger charge is 2.10. The van der Waals surface area contributed by atoms with E-state index in [2.05, 4.69) is 5.32 Å². The third-order valence-electron chi connectivity index (χ3n) is 2.62. The Morgan fingerprint density at radius 1 is 1.21 bits per heavy atom. The van der Waals surface area contributed by atoms with Crippen LogP contribution in [0.15, 0.2) is 42.5 Å². The lowest BCUT2D eigenvalue weighted by molar-refractivity contribution is 0.0951. The normalized spacial score (nSPS) is 10.2. The molecule has 0 fully saturated rings. The summed E-state index contributed by atoms with van der Waals surface area (Å²) < 4.78 is 0. The Balaban J connectivity index is 2.05. The lowest BCUT2D eigenvalue weighted by atomic mass is 10.1. The van der Waals surface area contributed by atoms with Crippen LogP contribution in [0.1, 0.15) is 15.9 Å². The quantitative estimate of drug-likeness (QED) is 0.754. The molecule has 0 saturated carbocycles. The first kappa shape index (κ1) is 13.2. The molecule has 0 heterocycles. The Hall–Kier alpha value is -2.20. The molecule has 2 aromatic rings. The number of carbonyl (C=O) groups is 1. The zero-order valence-corrected chi connectivity index (χ0v) is 10.8. The second kappa shape index (κ2) is 5.63. The molecule has 0 aliphatic heterocycles. The van der Waals surface area contributed by atoms with E-state index < -0.39 is 0 Å². The van der Waals surface area contributed by atoms with Crippen LogP contribution in [-0.4, -0.2) is 11.0 Å². The monoisotopic (exact) mass is 276 g/mol. The van der Waals surface area contributed by atoms with Gasteiger partial charge >= 0.3 is 0 Å². The van der Waals surface area contributed by atoms with Gasteiger partial charge in [-0.2, -0.15) is 0 Å². The standard InChI is InChI=1S/C14H13ClN2O2/c15-13-6-3-10(16)7-12(13)14(19)17-8-9-1-4-11(18)5-2-9/h1-7,18H,8,16H2,(H,17,19). The molecule has 0 aromatic heterocycles. The van der Waals surface area contributed by atoms with E-state index in [4.69, 9.17) is 22.4 Å². The molecule has 2 rings (SSSR count). The van der Waals surface area contributed by atoms with Crippen molar-refractivity contribution in [3.05, 3.63) is 58.6 Å². The molecule has 0 unspecified atom stereocenters. The van der Waals surface area contributed by atoms with Gasteiger partial charge < -0.3 is 16.2 Å². The van der Waals surface area contributed by atoms with Crippen LogP contribution in [0, 0.1) is 0 Å². The van der Waals surface area contributed by atoms with Crippen LogP contribution in [-0.2, 0) is 6.54 Å². The minimum Gasteiger partial charge on any atom is -0.508 e. The van der Waals surface area contributed by atoms with Crippen LogP contribution in [0.5, 0.6) is 5.75 Å². The number of aromatic hydroxyl groups is 1. The fourth-order valence-electron chi connectivity index (χ4n) is 1.61. The average Bonchev–Trinajstić information content (AvgIpc) is 2.40. The van der Waals surface area contributed by atoms with Crippen LogP contribution in [0.2, 0.25) is 5.02 Å². The van der Waals surface area contributed by atoms with Gasteiger partial charge in [-0.1, -0.05) is 23.7 Å². The summed E-state index contributed by atoms with van der Waals surface area (Å²) in [7, 11) is 0. The summed E-state index contributed by atoms with van der Waals surface area (Å²) >= 11 is 5.94. The highest BCUT2D eigenvalue weighted by atomic mass is 35.5. The SMILES string of the molecule is Nc1ccc(Cl)c(C(=O)NCc2ccc(O)cc2)c1. The number of nitrogens with two attached hydrogens (primary N) is 1. The molecule has 0 atom stereocenters. The van der Waals surface area contributed by atoms with Crippen molar-refractivity contribution in [2.24, 2.45) is 0 Å². The molecule has 4 N–H and O–H groups in total. The number of halogens is 1. The van der Waals surface area contributed by atoms with E-state index in [-0.39, 0.29) is 11.7 Å². The van der Waals surface area contributed by atoms with Gasteiger partial charge in [-0.05, 0) is 35.9 Å². The highest BCUT2D eigenvalue weighted by molar-refractivity contribution is 6.34. The second-order valence-electron chi connectivity index (χ2n) is 4.09. The van der Waals surface area contributed by atoms with Crippen LogP contribution in [0.3, 0.4) is 0 Å². The molecule has 1 amide bonds. The molecular weight excluding hydrogens is 264 g/mol. The number of carbonyl (C=O) groups excluding carboxylic acids is 1. The number of phenols is 1. The van der Waals surface area contributed by atoms with Gasteiger partial charge in [0.1, 0.15) is 5.75 Å². The molecule has 0 saturated heterocycles. The Bertz CT molecular complexity index is 597. The van der Waals surface area contributed by atoms with Crippen LogP contribution < -0.4 is 11.1 Å². The zero-order valence-electron chi connectivity index (χ0n) is 10.1. The van der Waals surface area contributed by atoms with Crippen molar-refractivity contribution >= 4 is 23.2 Å². The average molecular weight is 277 g/mol. The Morgan fingerprint density at radius 2 is 1.89 bits per heavy atom. The molecule has 0 aliphatic carbocycles. The van der Waals surface area contributed by atoms with E-state index in [1.54, 1.807) is 36.4 Å². The zero-order chi connectivity index (χ0) is 13.8. The summed E-state index contributed by atoms with van der Waals surface area (Å²) in [6, 6.07) is 11.4. The Labute approximate surface area is 115 Å². The number of benzene rings is 2. The van der Waals surface area contributed by atoms with E-state index in [1.807, 2.05) is 0 Å². The summed E-state index contributed by atoms with van der Waals surface area (Å²) in [5.41, 5.74) is 7.34. The lowest BCUT2D eigenvalue weighted by Crippen LogP contribution is -2.23. The third-order valence-corrected chi connectivity index (χ3v) is 2.95. The largest absolute Gasteiger partial charge is 0.508 e. The lowest BCUT2D eigenvalue weighted by Gasteiger charge is -2.07. The maximum Gasteiger partial charge on any atom is 0.253 e. The van der Waals surface area contributed by atoms with Crippen molar-refractivity contribution < 1.29 is 9.90 Å². The molecular formula is C14H13ClN2O2. The van der Waals surface area contributed by atoms with Gasteiger partial charge in [-0.15, -0.1) is 0 Å². The van der Waals surface area contributed by atoms with Crippen molar-refractivity contribution in [3.63, 3.8) is 0 Å². The molecule has 98 valence electrons. The second-order valence-corrected chi connectivity index (χ2v) is 4.50. The van der Waals surface area contributed by atoms with Crippen LogP contribution in [0.25, 0.3) is 0 Å². The number of amides is 1. The predicted octanol–water partition coefficient (Wildman–Crippen LogP) is 2.56. The molecule has 4 nitrogen and oxygen atoms in total. The van der Waals surface area contributed by atoms with Gasteiger partial charge in [0.2, 0.25) is 0 Å². The fourth-order valence-corrected chi connectivity index (χ4v) is 1.81. The molecule has 2 aromatic carbocycles. The highest BCUT2D eigenvalue weighted by Crippen LogP contribution is 2.19. The van der Waals surface area contributed by atoms with Gasteiger partial charge in [0.25, 0.3) is 5.91 Å². The number of nitrogens with one attached hydrogen (secondary N) is 1. The number of hydrogen-bond acceptors (Lipinski definition) is 3. The predicted molar refractivity (Wildman–Crippen MR) is 75.1 cm³/mol. The summed E-state index contributed by atoms with van der Waals surface area (Å²) in [6.07, 6.45) is 0. The van der Waals surface area contributed by atoms with Crippen LogP contribution in [0.4, 0.5) is 5.69 Å². The van der Waals surface area contributed by atoms with Crippen molar-refractivity contribution in [2.75, 3.05) is 5.73 Å². The summed E-state index contributed by atoms with van der Waals surface area (Å²) in [6.45, 7) is 0.351. The number of nitrogen functional groups attached to an aromatic ring is 1. The van der Waals surface area contributed by atoms with E-state index in [0.29, 0.717) is 22.8 Å². The maximum atomic E-state index is 12.0. The number of hydrogen-bond donors (Lipinski definition) is 3. The van der Waals surface area contributed by atoms with Crippen molar-refractivity contribution in [2.45, 2.75) is 6.54 Å². The third kappa shape index (κ3) is 3.39. The number of phenolic OH excluding ortho intramolecular Hbond substituents is 1. The molecule has 0 spiro atoms. The van der Waals surface area contributed by atoms with Crippen molar-refractivity contribution in [3.8, 4) is 5.75 Å². The fraction of sp³-hybridized carbons (Fsp3) is 0.0714. The van der Waals surface area contributed by atoms with E-state index in [9.17, 15) is 4.79 Å². The molecule has 0 bridgehead atoms. The van der Waals surface area contributed by atoms with Crippen LogP contribution >= 0.6 is 11.6 Å². The minimum atomic E-state index is -0.287. The van der Waals surface area contributed by atoms with E-state index in [0.717, 1.165) is 5.56 Å². The molecule has 19 heavy (non-hydrogen) atoms. The number of rotatable bonds is 3. The van der Waals surface area contributed by atoms with Gasteiger partial charge in [0, 0.05) is 12.2 Å². The minimum absolute atomic E-state index is 0.189. The molecule has 5 heteroatoms. The molecule has 0 aliphatic rings. The Morgan fingerprint density at radius 3 is 2.58 bits per heavy atom. The Kier molecular flexibility index (Phi) is 3.92. The van der Waals surface area contributed by atoms with Gasteiger partial charge in [-0.25, -0.2) is 0 Å². The van der Waals surface area contributed by atoms with Gasteiger partial charge in [0.15, 0.2) is 0 Å². The van der Waals surface area contributed by atoms with Crippen molar-refractivity contribution in [1.82, 2.24) is 5.32 Å². The first-order valence-electron chi connectivity index (χ1n) is 5.67. The topological polar surface area (TPSA) is 75.4 Å². The van der Waals surface area contributed by atoms with Crippen molar-refractivity contribution in [1.29, 1.82) is 0 Å². The van der Waals surface area contributed by atoms with Gasteiger partial charge in [-0.3, -0.25) is 4.79 Å². The summed E-state index contributed by atoms with van der Waals surface area (Å²) in [5, 5.41) is 12.3. The number of anilines is 1. The van der Waals surface area contributed by atoms with Gasteiger partial charge in [0.05, 0.1) is 10.6 Å². The smallest absolute Gasteiger partial charge is 0.253 e. The first-order chi connectivity index (χ1) is 9.06. The molecule has 0 radical (unpaired) electrons. The summed E-state index contributed by atoms with van der Waals surface area (Å²) in [4.78, 5) is 12.0.